The predicted octanol–water partition coefficient (Wildman–Crippen LogP) is 3.06. The van der Waals surface area contributed by atoms with Crippen LogP contribution < -0.4 is 5.73 Å². The highest BCUT2D eigenvalue weighted by Crippen LogP contribution is 2.32. The Balaban J connectivity index is 2.42. The van der Waals surface area contributed by atoms with Crippen molar-refractivity contribution in [3.63, 3.8) is 0 Å². The number of nitriles is 3. The van der Waals surface area contributed by atoms with Crippen molar-refractivity contribution >= 4 is 11.8 Å². The second kappa shape index (κ2) is 7.76. The van der Waals surface area contributed by atoms with Crippen LogP contribution >= 0.6 is 0 Å². The molecule has 1 atom stereocenters. The van der Waals surface area contributed by atoms with Gasteiger partial charge in [0.05, 0.1) is 40.3 Å². The van der Waals surface area contributed by atoms with Crippen LogP contribution in [0.5, 0.6) is 0 Å². The Kier molecular flexibility index (Phi) is 5.49. The quantitative estimate of drug-likeness (QED) is 0.495. The van der Waals surface area contributed by atoms with E-state index in [1.807, 2.05) is 6.07 Å². The summed E-state index contributed by atoms with van der Waals surface area (Å²) in [6, 6.07) is 12.0. The molecule has 0 fully saturated rings. The van der Waals surface area contributed by atoms with Gasteiger partial charge in [-0.3, -0.25) is 10.1 Å². The number of aryl methyl sites for hydroxylation is 1. The van der Waals surface area contributed by atoms with E-state index in [1.165, 1.54) is 24.3 Å². The molecule has 8 nitrogen and oxygen atoms in total. The smallest absolute Gasteiger partial charge is 0.280 e. The first-order valence-corrected chi connectivity index (χ1v) is 7.43. The molecule has 8 heteroatoms. The number of nitro benzene ring substituents is 1. The average molecular weight is 347 g/mol. The van der Waals surface area contributed by atoms with E-state index in [0.29, 0.717) is 5.56 Å². The van der Waals surface area contributed by atoms with Crippen molar-refractivity contribution in [3.05, 3.63) is 57.3 Å². The van der Waals surface area contributed by atoms with Crippen molar-refractivity contribution < 1.29 is 9.34 Å². The molecular formula is C18H13N5O3. The molecule has 0 aliphatic heterocycles. The molecular weight excluding hydrogens is 334 g/mol. The van der Waals surface area contributed by atoms with Gasteiger partial charge in [-0.25, -0.2) is 0 Å². The molecule has 1 heterocycles. The standard InChI is InChI=1S/C18H13N5O3/c1-11-2-4-15(16(6-11)23(24)25)17-5-3-14(26-17)7-12(8-19)18(22)13(9-20)10-21/h2-7,13,18H,22H2,1H3. The Morgan fingerprint density at radius 1 is 1.27 bits per heavy atom. The van der Waals surface area contributed by atoms with Gasteiger partial charge in [0.1, 0.15) is 11.5 Å². The minimum Gasteiger partial charge on any atom is -0.456 e. The molecule has 128 valence electrons. The van der Waals surface area contributed by atoms with Gasteiger partial charge in [0.2, 0.25) is 0 Å². The maximum Gasteiger partial charge on any atom is 0.280 e. The van der Waals surface area contributed by atoms with Gasteiger partial charge in [0.25, 0.3) is 5.69 Å². The summed E-state index contributed by atoms with van der Waals surface area (Å²) in [6.45, 7) is 1.74. The predicted molar refractivity (Wildman–Crippen MR) is 91.8 cm³/mol. The summed E-state index contributed by atoms with van der Waals surface area (Å²) < 4.78 is 5.58. The summed E-state index contributed by atoms with van der Waals surface area (Å²) in [6.07, 6.45) is 1.32. The van der Waals surface area contributed by atoms with E-state index < -0.39 is 16.9 Å². The van der Waals surface area contributed by atoms with Gasteiger partial charge >= 0.3 is 0 Å². The minimum atomic E-state index is -1.17. The van der Waals surface area contributed by atoms with Gasteiger partial charge < -0.3 is 10.2 Å². The minimum absolute atomic E-state index is 0.00240. The third kappa shape index (κ3) is 3.76. The number of nitro groups is 1. The SMILES string of the molecule is Cc1ccc(-c2ccc(C=C(C#N)C(N)C(C#N)C#N)o2)c([N+](=O)[O-])c1. The third-order valence-corrected chi connectivity index (χ3v) is 3.67. The summed E-state index contributed by atoms with van der Waals surface area (Å²) in [5.41, 5.74) is 6.72. The second-order valence-electron chi connectivity index (χ2n) is 5.45. The summed E-state index contributed by atoms with van der Waals surface area (Å²) in [5.74, 6) is -0.684. The molecule has 0 radical (unpaired) electrons. The molecule has 0 aliphatic rings. The van der Waals surface area contributed by atoms with E-state index in [2.05, 4.69) is 0 Å². The fourth-order valence-corrected chi connectivity index (χ4v) is 2.30. The molecule has 0 amide bonds. The number of furan rings is 1. The zero-order valence-corrected chi connectivity index (χ0v) is 13.7. The number of benzene rings is 1. The van der Waals surface area contributed by atoms with E-state index in [0.717, 1.165) is 5.56 Å². The lowest BCUT2D eigenvalue weighted by atomic mass is 9.96. The molecule has 0 aliphatic carbocycles. The van der Waals surface area contributed by atoms with Crippen molar-refractivity contribution in [2.24, 2.45) is 11.7 Å². The maximum absolute atomic E-state index is 11.2. The van der Waals surface area contributed by atoms with E-state index in [1.54, 1.807) is 31.2 Å². The number of nitrogens with two attached hydrogens (primary N) is 1. The molecule has 2 rings (SSSR count). The lowest BCUT2D eigenvalue weighted by molar-refractivity contribution is -0.384. The Morgan fingerprint density at radius 2 is 1.96 bits per heavy atom. The Bertz CT molecular complexity index is 987. The summed E-state index contributed by atoms with van der Waals surface area (Å²) >= 11 is 0. The molecule has 1 aromatic carbocycles. The highest BCUT2D eigenvalue weighted by atomic mass is 16.6. The van der Waals surface area contributed by atoms with Crippen LogP contribution in [-0.4, -0.2) is 11.0 Å². The molecule has 0 saturated heterocycles. The molecule has 2 N–H and O–H groups in total. The van der Waals surface area contributed by atoms with Crippen molar-refractivity contribution in [1.82, 2.24) is 0 Å². The lowest BCUT2D eigenvalue weighted by Gasteiger charge is -2.09. The fourth-order valence-electron chi connectivity index (χ4n) is 2.30. The monoisotopic (exact) mass is 347 g/mol. The van der Waals surface area contributed by atoms with Crippen LogP contribution in [0.1, 0.15) is 11.3 Å². The van der Waals surface area contributed by atoms with Crippen molar-refractivity contribution in [2.75, 3.05) is 0 Å². The molecule has 0 spiro atoms. The van der Waals surface area contributed by atoms with Crippen LogP contribution in [0.15, 0.2) is 40.3 Å². The second-order valence-corrected chi connectivity index (χ2v) is 5.45. The number of hydrogen-bond donors (Lipinski definition) is 1. The van der Waals surface area contributed by atoms with Crippen LogP contribution in [0.4, 0.5) is 5.69 Å². The van der Waals surface area contributed by atoms with Gasteiger partial charge in [-0.05, 0) is 36.8 Å². The normalized spacial score (nSPS) is 12.1. The summed E-state index contributed by atoms with van der Waals surface area (Å²) in [5, 5.41) is 38.2. The van der Waals surface area contributed by atoms with Crippen LogP contribution in [0.25, 0.3) is 17.4 Å². The maximum atomic E-state index is 11.2. The van der Waals surface area contributed by atoms with Gasteiger partial charge in [-0.1, -0.05) is 6.07 Å². The van der Waals surface area contributed by atoms with Gasteiger partial charge in [0.15, 0.2) is 5.92 Å². The Hall–Kier alpha value is -3.93. The van der Waals surface area contributed by atoms with E-state index >= 15 is 0 Å². The highest BCUT2D eigenvalue weighted by molar-refractivity contribution is 5.71. The molecule has 1 unspecified atom stereocenters. The van der Waals surface area contributed by atoms with Crippen molar-refractivity contribution in [1.29, 1.82) is 15.8 Å². The largest absolute Gasteiger partial charge is 0.456 e. The summed E-state index contributed by atoms with van der Waals surface area (Å²) in [7, 11) is 0. The highest BCUT2D eigenvalue weighted by Gasteiger charge is 2.22. The van der Waals surface area contributed by atoms with Crippen LogP contribution in [-0.2, 0) is 0 Å². The van der Waals surface area contributed by atoms with Crippen LogP contribution in [0, 0.1) is 56.9 Å². The molecule has 0 bridgehead atoms. The zero-order valence-electron chi connectivity index (χ0n) is 13.7. The zero-order chi connectivity index (χ0) is 19.3. The van der Waals surface area contributed by atoms with Crippen LogP contribution in [0.2, 0.25) is 0 Å². The summed E-state index contributed by atoms with van der Waals surface area (Å²) in [4.78, 5) is 10.7. The number of nitrogens with zero attached hydrogens (tertiary/aromatic N) is 4. The molecule has 2 aromatic rings. The fraction of sp³-hybridized carbons (Fsp3) is 0.167. The van der Waals surface area contributed by atoms with E-state index in [9.17, 15) is 15.4 Å². The Morgan fingerprint density at radius 3 is 2.54 bits per heavy atom. The first kappa shape index (κ1) is 18.4. The molecule has 26 heavy (non-hydrogen) atoms. The molecule has 0 saturated carbocycles. The first-order valence-electron chi connectivity index (χ1n) is 7.43. The van der Waals surface area contributed by atoms with Gasteiger partial charge in [-0.2, -0.15) is 15.8 Å². The molecule has 1 aromatic heterocycles. The first-order chi connectivity index (χ1) is 12.4. The third-order valence-electron chi connectivity index (χ3n) is 3.67. The van der Waals surface area contributed by atoms with Gasteiger partial charge in [-0.15, -0.1) is 0 Å². The number of rotatable bonds is 5. The number of hydrogen-bond acceptors (Lipinski definition) is 7. The Labute approximate surface area is 149 Å². The lowest BCUT2D eigenvalue weighted by Crippen LogP contribution is -2.29. The van der Waals surface area contributed by atoms with Gasteiger partial charge in [0, 0.05) is 6.07 Å². The topological polar surface area (TPSA) is 154 Å². The average Bonchev–Trinajstić information content (AvgIpc) is 3.08. The van der Waals surface area contributed by atoms with E-state index in [4.69, 9.17) is 20.7 Å². The van der Waals surface area contributed by atoms with E-state index in [-0.39, 0.29) is 22.8 Å². The van der Waals surface area contributed by atoms with Crippen LogP contribution in [0.3, 0.4) is 0 Å². The van der Waals surface area contributed by atoms with Crippen molar-refractivity contribution in [2.45, 2.75) is 13.0 Å². The van der Waals surface area contributed by atoms with Crippen molar-refractivity contribution in [3.8, 4) is 29.5 Å².